The van der Waals surface area contributed by atoms with Crippen molar-refractivity contribution in [1.82, 2.24) is 0 Å². The van der Waals surface area contributed by atoms with Crippen molar-refractivity contribution < 1.29 is 19.8 Å². The van der Waals surface area contributed by atoms with E-state index < -0.39 is 23.0 Å². The van der Waals surface area contributed by atoms with E-state index in [-0.39, 0.29) is 40.7 Å². The molecule has 4 nitrogen and oxygen atoms in total. The van der Waals surface area contributed by atoms with Gasteiger partial charge in [0, 0.05) is 17.8 Å². The third kappa shape index (κ3) is 1.58. The van der Waals surface area contributed by atoms with Gasteiger partial charge in [-0.25, -0.2) is 0 Å². The number of hydrogen-bond donors (Lipinski definition) is 2. The number of carbonyl (C=O) groups is 2. The third-order valence-corrected chi connectivity index (χ3v) is 8.83. The Morgan fingerprint density at radius 3 is 2.38 bits per heavy atom. The van der Waals surface area contributed by atoms with E-state index in [4.69, 9.17) is 0 Å². The average Bonchev–Trinajstić information content (AvgIpc) is 2.64. The van der Waals surface area contributed by atoms with Crippen LogP contribution in [0.3, 0.4) is 0 Å². The maximum absolute atomic E-state index is 13.2. The number of fused-ring (bicyclic) bond motifs is 3. The molecule has 0 amide bonds. The highest BCUT2D eigenvalue weighted by Gasteiger charge is 2.74. The minimum absolute atomic E-state index is 0.0122. The van der Waals surface area contributed by atoms with Crippen molar-refractivity contribution in [3.8, 4) is 0 Å². The van der Waals surface area contributed by atoms with E-state index in [0.717, 1.165) is 19.3 Å². The molecule has 4 fully saturated rings. The predicted molar refractivity (Wildman–Crippen MR) is 89.1 cm³/mol. The summed E-state index contributed by atoms with van der Waals surface area (Å²) in [5.74, 6) is 0.219. The molecule has 0 saturated heterocycles. The molecule has 1 spiro atoms. The number of rotatable bonds is 0. The van der Waals surface area contributed by atoms with Gasteiger partial charge in [0.15, 0.2) is 0 Å². The summed E-state index contributed by atoms with van der Waals surface area (Å²) in [4.78, 5) is 25.7. The third-order valence-electron chi connectivity index (χ3n) is 8.83. The largest absolute Gasteiger partial charge is 0.392 e. The molecule has 2 N–H and O–H groups in total. The Bertz CT molecular complexity index is 611. The Morgan fingerprint density at radius 1 is 1.04 bits per heavy atom. The summed E-state index contributed by atoms with van der Waals surface area (Å²) in [5.41, 5.74) is -1.63. The van der Waals surface area contributed by atoms with Crippen LogP contribution in [-0.2, 0) is 9.59 Å². The molecule has 0 aromatic rings. The Morgan fingerprint density at radius 2 is 1.71 bits per heavy atom. The summed E-state index contributed by atoms with van der Waals surface area (Å²) < 4.78 is 0. The molecule has 2 bridgehead atoms. The average molecular weight is 334 g/mol. The van der Waals surface area contributed by atoms with Crippen LogP contribution in [0.2, 0.25) is 0 Å². The molecule has 24 heavy (non-hydrogen) atoms. The monoisotopic (exact) mass is 334 g/mol. The summed E-state index contributed by atoms with van der Waals surface area (Å²) in [6.45, 7) is 8.14. The topological polar surface area (TPSA) is 74.6 Å². The van der Waals surface area contributed by atoms with E-state index in [0.29, 0.717) is 12.8 Å². The standard InChI is InChI=1S/C20H30O4/c1-10-11-5-6-12-19(4)8-7-14(21)18(2,3)13(19)9-15(22)20(12,16(10)23)17(11)24/h10-13,15,17,22,24H,5-9H2,1-4H3/t10?,11-,12-,13+,15+,17+,19-,20?/m0/s1. The maximum atomic E-state index is 13.2. The molecule has 4 saturated carbocycles. The molecular formula is C20H30O4. The number of Topliss-reactive ketones (excluding diaryl/α,β-unsaturated/α-hetero) is 2. The number of carbonyl (C=O) groups excluding carboxylic acids is 2. The van der Waals surface area contributed by atoms with E-state index in [2.05, 4.69) is 6.92 Å². The van der Waals surface area contributed by atoms with Gasteiger partial charge in [-0.05, 0) is 48.9 Å². The molecule has 0 aromatic heterocycles. The second-order valence-electron chi connectivity index (χ2n) is 9.78. The van der Waals surface area contributed by atoms with Gasteiger partial charge in [0.05, 0.1) is 17.6 Å². The van der Waals surface area contributed by atoms with Crippen LogP contribution in [0.5, 0.6) is 0 Å². The number of aliphatic hydroxyl groups is 2. The maximum Gasteiger partial charge on any atom is 0.147 e. The zero-order valence-corrected chi connectivity index (χ0v) is 15.2. The van der Waals surface area contributed by atoms with Crippen LogP contribution in [0.4, 0.5) is 0 Å². The van der Waals surface area contributed by atoms with Crippen LogP contribution in [0.25, 0.3) is 0 Å². The van der Waals surface area contributed by atoms with Crippen molar-refractivity contribution in [3.05, 3.63) is 0 Å². The molecule has 0 heterocycles. The summed E-state index contributed by atoms with van der Waals surface area (Å²) >= 11 is 0. The first kappa shape index (κ1) is 16.7. The van der Waals surface area contributed by atoms with E-state index in [1.807, 2.05) is 20.8 Å². The van der Waals surface area contributed by atoms with Crippen molar-refractivity contribution in [3.63, 3.8) is 0 Å². The molecule has 4 aliphatic rings. The van der Waals surface area contributed by atoms with Gasteiger partial charge < -0.3 is 10.2 Å². The molecule has 0 aliphatic heterocycles. The predicted octanol–water partition coefficient (Wildman–Crippen LogP) is 2.35. The van der Waals surface area contributed by atoms with Gasteiger partial charge in [0.25, 0.3) is 0 Å². The molecule has 4 aliphatic carbocycles. The smallest absolute Gasteiger partial charge is 0.147 e. The molecule has 134 valence electrons. The van der Waals surface area contributed by atoms with Crippen LogP contribution < -0.4 is 0 Å². The first-order chi connectivity index (χ1) is 11.1. The molecule has 4 rings (SSSR count). The molecule has 4 heteroatoms. The first-order valence-electron chi connectivity index (χ1n) is 9.53. The van der Waals surface area contributed by atoms with Gasteiger partial charge in [-0.1, -0.05) is 27.7 Å². The highest BCUT2D eigenvalue weighted by Crippen LogP contribution is 2.70. The van der Waals surface area contributed by atoms with E-state index in [9.17, 15) is 19.8 Å². The van der Waals surface area contributed by atoms with Crippen molar-refractivity contribution in [2.45, 2.75) is 72.0 Å². The van der Waals surface area contributed by atoms with E-state index >= 15 is 0 Å². The van der Waals surface area contributed by atoms with E-state index in [1.165, 1.54) is 0 Å². The number of aliphatic hydroxyl groups excluding tert-OH is 2. The zero-order valence-electron chi connectivity index (χ0n) is 15.2. The van der Waals surface area contributed by atoms with Gasteiger partial charge >= 0.3 is 0 Å². The van der Waals surface area contributed by atoms with Crippen molar-refractivity contribution >= 4 is 11.6 Å². The molecule has 2 unspecified atom stereocenters. The first-order valence-corrected chi connectivity index (χ1v) is 9.53. The van der Waals surface area contributed by atoms with Gasteiger partial charge in [-0.3, -0.25) is 9.59 Å². The van der Waals surface area contributed by atoms with Gasteiger partial charge in [-0.2, -0.15) is 0 Å². The normalized spacial score (nSPS) is 55.9. The highest BCUT2D eigenvalue weighted by molar-refractivity contribution is 5.92. The molecule has 0 aromatic carbocycles. The summed E-state index contributed by atoms with van der Waals surface area (Å²) in [7, 11) is 0. The number of hydrogen-bond acceptors (Lipinski definition) is 4. The fourth-order valence-electron chi connectivity index (χ4n) is 7.51. The van der Waals surface area contributed by atoms with Crippen LogP contribution in [0, 0.1) is 39.9 Å². The fourth-order valence-corrected chi connectivity index (χ4v) is 7.51. The summed E-state index contributed by atoms with van der Waals surface area (Å²) in [5, 5.41) is 22.2. The summed E-state index contributed by atoms with van der Waals surface area (Å²) in [6, 6.07) is 0. The lowest BCUT2D eigenvalue weighted by Crippen LogP contribution is -2.68. The Kier molecular flexibility index (Phi) is 3.27. The summed E-state index contributed by atoms with van der Waals surface area (Å²) in [6.07, 6.45) is 1.95. The SMILES string of the molecule is CC1C(=O)C23[C@H](O)C[C@@H]4C(C)(C)C(=O)CC[C@@]4(C)[C@@H]2CC[C@@H]1[C@H]3O. The Balaban J connectivity index is 1.87. The lowest BCUT2D eigenvalue weighted by molar-refractivity contribution is -0.222. The number of ketones is 2. The van der Waals surface area contributed by atoms with Crippen LogP contribution in [-0.4, -0.2) is 34.0 Å². The quantitative estimate of drug-likeness (QED) is 0.713. The van der Waals surface area contributed by atoms with Gasteiger partial charge in [0.1, 0.15) is 11.6 Å². The highest BCUT2D eigenvalue weighted by atomic mass is 16.3. The van der Waals surface area contributed by atoms with E-state index in [1.54, 1.807) is 0 Å². The van der Waals surface area contributed by atoms with Crippen LogP contribution in [0.15, 0.2) is 0 Å². The van der Waals surface area contributed by atoms with Crippen molar-refractivity contribution in [2.24, 2.45) is 39.9 Å². The Labute approximate surface area is 144 Å². The molecule has 8 atom stereocenters. The van der Waals surface area contributed by atoms with Crippen LogP contribution in [0.1, 0.15) is 59.8 Å². The van der Waals surface area contributed by atoms with Gasteiger partial charge in [0.2, 0.25) is 0 Å². The minimum Gasteiger partial charge on any atom is -0.392 e. The second kappa shape index (κ2) is 4.70. The second-order valence-corrected chi connectivity index (χ2v) is 9.78. The molecule has 0 radical (unpaired) electrons. The van der Waals surface area contributed by atoms with Gasteiger partial charge in [-0.15, -0.1) is 0 Å². The van der Waals surface area contributed by atoms with Crippen molar-refractivity contribution in [1.29, 1.82) is 0 Å². The zero-order chi connectivity index (χ0) is 17.7. The lowest BCUT2D eigenvalue weighted by atomic mass is 9.39. The van der Waals surface area contributed by atoms with Crippen molar-refractivity contribution in [2.75, 3.05) is 0 Å². The molecular weight excluding hydrogens is 304 g/mol. The fraction of sp³-hybridized carbons (Fsp3) is 0.900. The lowest BCUT2D eigenvalue weighted by Gasteiger charge is -2.64. The minimum atomic E-state index is -0.996. The Hall–Kier alpha value is -0.740. The van der Waals surface area contributed by atoms with Crippen LogP contribution >= 0.6 is 0 Å².